The summed E-state index contributed by atoms with van der Waals surface area (Å²) >= 11 is 0. The third-order valence-corrected chi connectivity index (χ3v) is 5.50. The highest BCUT2D eigenvalue weighted by Crippen LogP contribution is 2.20. The molecule has 0 bridgehead atoms. The summed E-state index contributed by atoms with van der Waals surface area (Å²) in [6, 6.07) is 12.8. The van der Waals surface area contributed by atoms with Gasteiger partial charge in [0.1, 0.15) is 11.6 Å². The van der Waals surface area contributed by atoms with Gasteiger partial charge in [-0.15, -0.1) is 0 Å². The number of furan rings is 1. The topological polar surface area (TPSA) is 114 Å². The van der Waals surface area contributed by atoms with Crippen molar-refractivity contribution in [1.29, 1.82) is 0 Å². The van der Waals surface area contributed by atoms with Gasteiger partial charge in [-0.25, -0.2) is 8.42 Å². The number of Topliss-reactive ketones (excluding diaryl/α,β-unsaturated/α-hetero) is 1. The van der Waals surface area contributed by atoms with Gasteiger partial charge in [0, 0.05) is 11.8 Å². The molecule has 3 aromatic rings. The van der Waals surface area contributed by atoms with Gasteiger partial charge in [-0.3, -0.25) is 9.59 Å². The van der Waals surface area contributed by atoms with Crippen molar-refractivity contribution in [2.75, 3.05) is 0 Å². The zero-order chi connectivity index (χ0) is 19.6. The van der Waals surface area contributed by atoms with Crippen LogP contribution in [-0.2, 0) is 14.8 Å². The predicted molar refractivity (Wildman–Crippen MR) is 98.1 cm³/mol. The Kier molecular flexibility index (Phi) is 5.11. The predicted octanol–water partition coefficient (Wildman–Crippen LogP) is 2.75. The number of hydrogen-bond acceptors (Lipinski definition) is 5. The molecule has 1 aromatic heterocycles. The van der Waals surface area contributed by atoms with Gasteiger partial charge in [0.05, 0.1) is 4.90 Å². The van der Waals surface area contributed by atoms with Crippen molar-refractivity contribution in [2.45, 2.75) is 24.3 Å². The summed E-state index contributed by atoms with van der Waals surface area (Å²) in [6.07, 6.45) is -0.569. The van der Waals surface area contributed by atoms with E-state index in [4.69, 9.17) is 4.42 Å². The molecule has 7 nitrogen and oxygen atoms in total. The van der Waals surface area contributed by atoms with Crippen LogP contribution in [0.2, 0.25) is 0 Å². The summed E-state index contributed by atoms with van der Waals surface area (Å²) in [5.41, 5.74) is 1.36. The number of hydrogen-bond donors (Lipinski definition) is 2. The van der Waals surface area contributed by atoms with Crippen LogP contribution in [0.3, 0.4) is 0 Å². The lowest BCUT2D eigenvalue weighted by atomic mass is 10.1. The van der Waals surface area contributed by atoms with Gasteiger partial charge in [-0.05, 0) is 31.2 Å². The number of nitrogens with one attached hydrogen (secondary N) is 1. The van der Waals surface area contributed by atoms with Crippen LogP contribution >= 0.6 is 0 Å². The van der Waals surface area contributed by atoms with Gasteiger partial charge in [-0.2, -0.15) is 4.72 Å². The normalized spacial score (nSPS) is 12.8. The fraction of sp³-hybridized carbons (Fsp3) is 0.158. The molecular weight excluding hydrogens is 370 g/mol. The van der Waals surface area contributed by atoms with Crippen LogP contribution in [0.25, 0.3) is 11.0 Å². The smallest absolute Gasteiger partial charge is 0.322 e. The van der Waals surface area contributed by atoms with E-state index in [0.29, 0.717) is 11.0 Å². The van der Waals surface area contributed by atoms with Crippen molar-refractivity contribution < 1.29 is 27.5 Å². The SMILES string of the molecule is Cc1ccc(S(=O)(=O)NC(CC(=O)c2cc3ccccc3o2)C(=O)O)cc1. The molecule has 0 aliphatic heterocycles. The maximum absolute atomic E-state index is 12.4. The van der Waals surface area contributed by atoms with E-state index in [1.54, 1.807) is 43.3 Å². The molecular formula is C19H17NO6S. The van der Waals surface area contributed by atoms with Crippen LogP contribution in [0, 0.1) is 6.92 Å². The summed E-state index contributed by atoms with van der Waals surface area (Å²) in [5.74, 6) is -2.07. The van der Waals surface area contributed by atoms with Crippen LogP contribution in [0.15, 0.2) is 63.9 Å². The summed E-state index contributed by atoms with van der Waals surface area (Å²) in [7, 11) is -4.09. The monoisotopic (exact) mass is 387 g/mol. The zero-order valence-electron chi connectivity index (χ0n) is 14.4. The molecule has 1 heterocycles. The molecule has 8 heteroatoms. The van der Waals surface area contributed by atoms with Crippen LogP contribution in [0.1, 0.15) is 22.5 Å². The Morgan fingerprint density at radius 3 is 2.41 bits per heavy atom. The minimum absolute atomic E-state index is 0.0167. The molecule has 0 aliphatic rings. The maximum atomic E-state index is 12.4. The molecule has 2 N–H and O–H groups in total. The lowest BCUT2D eigenvalue weighted by Gasteiger charge is -2.14. The molecule has 0 saturated heterocycles. The second kappa shape index (κ2) is 7.34. The average Bonchev–Trinajstić information content (AvgIpc) is 3.05. The molecule has 1 unspecified atom stereocenters. The van der Waals surface area contributed by atoms with Crippen molar-refractivity contribution in [3.63, 3.8) is 0 Å². The van der Waals surface area contributed by atoms with Crippen molar-refractivity contribution in [2.24, 2.45) is 0 Å². The van der Waals surface area contributed by atoms with Gasteiger partial charge in [0.25, 0.3) is 0 Å². The highest BCUT2D eigenvalue weighted by Gasteiger charge is 2.29. The van der Waals surface area contributed by atoms with Crippen LogP contribution in [0.4, 0.5) is 0 Å². The Hall–Kier alpha value is -2.97. The summed E-state index contributed by atoms with van der Waals surface area (Å²) in [5, 5.41) is 10.1. The van der Waals surface area contributed by atoms with Gasteiger partial charge in [-0.1, -0.05) is 35.9 Å². The fourth-order valence-corrected chi connectivity index (χ4v) is 3.75. The lowest BCUT2D eigenvalue weighted by Crippen LogP contribution is -2.42. The minimum atomic E-state index is -4.09. The van der Waals surface area contributed by atoms with E-state index in [0.717, 1.165) is 5.56 Å². The van der Waals surface area contributed by atoms with E-state index >= 15 is 0 Å². The van der Waals surface area contributed by atoms with Crippen molar-refractivity contribution >= 4 is 32.7 Å². The first-order valence-electron chi connectivity index (χ1n) is 8.10. The number of rotatable bonds is 7. The number of carboxylic acid groups (broad SMARTS) is 1. The van der Waals surface area contributed by atoms with Crippen molar-refractivity contribution in [3.8, 4) is 0 Å². The third kappa shape index (κ3) is 4.24. The number of aliphatic carboxylic acids is 1. The van der Waals surface area contributed by atoms with Gasteiger partial charge in [0.2, 0.25) is 10.0 Å². The number of carboxylic acids is 1. The first-order valence-corrected chi connectivity index (χ1v) is 9.58. The highest BCUT2D eigenvalue weighted by atomic mass is 32.2. The van der Waals surface area contributed by atoms with Crippen LogP contribution < -0.4 is 4.72 Å². The minimum Gasteiger partial charge on any atom is -0.480 e. The van der Waals surface area contributed by atoms with Crippen molar-refractivity contribution in [1.82, 2.24) is 4.72 Å². The van der Waals surface area contributed by atoms with E-state index in [1.807, 2.05) is 0 Å². The molecule has 3 rings (SSSR count). The molecule has 0 radical (unpaired) electrons. The van der Waals surface area contributed by atoms with Gasteiger partial charge >= 0.3 is 5.97 Å². The molecule has 1 atom stereocenters. The molecule has 0 saturated carbocycles. The van der Waals surface area contributed by atoms with Gasteiger partial charge in [0.15, 0.2) is 11.5 Å². The largest absolute Gasteiger partial charge is 0.480 e. The van der Waals surface area contributed by atoms with E-state index in [2.05, 4.69) is 4.72 Å². The molecule has 140 valence electrons. The molecule has 0 amide bonds. The lowest BCUT2D eigenvalue weighted by molar-refractivity contribution is -0.138. The number of carbonyl (C=O) groups excluding carboxylic acids is 1. The van der Waals surface area contributed by atoms with E-state index in [9.17, 15) is 23.1 Å². The zero-order valence-corrected chi connectivity index (χ0v) is 15.2. The quantitative estimate of drug-likeness (QED) is 0.603. The average molecular weight is 387 g/mol. The van der Waals surface area contributed by atoms with Crippen LogP contribution in [-0.4, -0.2) is 31.3 Å². The third-order valence-electron chi connectivity index (χ3n) is 4.02. The number of para-hydroxylation sites is 1. The molecule has 0 spiro atoms. The number of sulfonamides is 1. The van der Waals surface area contributed by atoms with Crippen molar-refractivity contribution in [3.05, 3.63) is 65.9 Å². The molecule has 27 heavy (non-hydrogen) atoms. The fourth-order valence-electron chi connectivity index (χ4n) is 2.56. The first-order chi connectivity index (χ1) is 12.8. The maximum Gasteiger partial charge on any atom is 0.322 e. The highest BCUT2D eigenvalue weighted by molar-refractivity contribution is 7.89. The summed E-state index contributed by atoms with van der Waals surface area (Å²) < 4.78 is 32.3. The molecule has 0 aliphatic carbocycles. The second-order valence-corrected chi connectivity index (χ2v) is 7.81. The Bertz CT molecular complexity index is 1070. The molecule has 2 aromatic carbocycles. The standard InChI is InChI=1S/C19H17NO6S/c1-12-6-8-14(9-7-12)27(24,25)20-15(19(22)23)11-16(21)18-10-13-4-2-3-5-17(13)26-18/h2-10,15,20H,11H2,1H3,(H,22,23). The number of carbonyl (C=O) groups is 2. The Morgan fingerprint density at radius 1 is 1.11 bits per heavy atom. The Balaban J connectivity index is 1.80. The summed E-state index contributed by atoms with van der Waals surface area (Å²) in [4.78, 5) is 23.8. The van der Waals surface area contributed by atoms with E-state index < -0.39 is 34.2 Å². The molecule has 0 fully saturated rings. The Morgan fingerprint density at radius 2 is 1.78 bits per heavy atom. The van der Waals surface area contributed by atoms with E-state index in [1.165, 1.54) is 18.2 Å². The summed E-state index contributed by atoms with van der Waals surface area (Å²) in [6.45, 7) is 1.80. The second-order valence-electron chi connectivity index (χ2n) is 6.10. The van der Waals surface area contributed by atoms with Crippen LogP contribution in [0.5, 0.6) is 0 Å². The first kappa shape index (κ1) is 18.8. The number of aryl methyl sites for hydroxylation is 1. The number of benzene rings is 2. The number of ketones is 1. The van der Waals surface area contributed by atoms with Gasteiger partial charge < -0.3 is 9.52 Å². The number of fused-ring (bicyclic) bond motifs is 1. The Labute approximate surface area is 155 Å². The van der Waals surface area contributed by atoms with E-state index in [-0.39, 0.29) is 10.7 Å².